The van der Waals surface area contributed by atoms with Gasteiger partial charge < -0.3 is 0 Å². The lowest BCUT2D eigenvalue weighted by atomic mass is 10.1. The summed E-state index contributed by atoms with van der Waals surface area (Å²) in [6, 6.07) is 18.6. The van der Waals surface area contributed by atoms with E-state index >= 15 is 0 Å². The van der Waals surface area contributed by atoms with Gasteiger partial charge in [-0.3, -0.25) is 0 Å². The third kappa shape index (κ3) is 4.05. The second kappa shape index (κ2) is 7.23. The Bertz CT molecular complexity index is 661. The molecule has 0 spiro atoms. The van der Waals surface area contributed by atoms with E-state index in [9.17, 15) is 8.42 Å². The molecule has 1 unspecified atom stereocenters. The quantitative estimate of drug-likeness (QED) is 0.723. The zero-order chi connectivity index (χ0) is 15.1. The molecule has 110 valence electrons. The van der Waals surface area contributed by atoms with Gasteiger partial charge in [-0.15, -0.1) is 6.58 Å². The molecule has 21 heavy (non-hydrogen) atoms. The molecule has 0 saturated carbocycles. The van der Waals surface area contributed by atoms with E-state index in [2.05, 4.69) is 6.58 Å². The van der Waals surface area contributed by atoms with Crippen molar-refractivity contribution < 1.29 is 8.42 Å². The summed E-state index contributed by atoms with van der Waals surface area (Å²) in [5.41, 5.74) is 1.16. The van der Waals surface area contributed by atoms with Gasteiger partial charge in [-0.2, -0.15) is 0 Å². The van der Waals surface area contributed by atoms with E-state index in [0.29, 0.717) is 17.7 Å². The summed E-state index contributed by atoms with van der Waals surface area (Å²) in [6.07, 6.45) is 3.53. The molecule has 0 aromatic heterocycles. The number of hydrogen-bond donors (Lipinski definition) is 0. The molecule has 0 heterocycles. The Kier molecular flexibility index (Phi) is 5.34. The maximum absolute atomic E-state index is 12.7. The maximum Gasteiger partial charge on any atom is 0.181 e. The van der Waals surface area contributed by atoms with Crippen LogP contribution in [0, 0.1) is 0 Å². The first-order valence-electron chi connectivity index (χ1n) is 7.08. The van der Waals surface area contributed by atoms with Crippen LogP contribution in [0.2, 0.25) is 0 Å². The fourth-order valence-electron chi connectivity index (χ4n) is 2.36. The molecule has 0 aliphatic carbocycles. The van der Waals surface area contributed by atoms with Crippen molar-refractivity contribution in [2.75, 3.05) is 0 Å². The molecule has 2 nitrogen and oxygen atoms in total. The average molecular weight is 300 g/mol. The summed E-state index contributed by atoms with van der Waals surface area (Å²) < 4.78 is 25.4. The van der Waals surface area contributed by atoms with Crippen molar-refractivity contribution in [1.29, 1.82) is 0 Å². The van der Waals surface area contributed by atoms with Crippen LogP contribution in [0.25, 0.3) is 0 Å². The fourth-order valence-corrected chi connectivity index (χ4v) is 4.10. The van der Waals surface area contributed by atoms with Crippen LogP contribution in [-0.4, -0.2) is 13.7 Å². The van der Waals surface area contributed by atoms with Crippen molar-refractivity contribution in [1.82, 2.24) is 0 Å². The van der Waals surface area contributed by atoms with Gasteiger partial charge in [0.1, 0.15) is 0 Å². The molecule has 0 amide bonds. The van der Waals surface area contributed by atoms with Gasteiger partial charge in [-0.25, -0.2) is 8.42 Å². The summed E-state index contributed by atoms with van der Waals surface area (Å²) in [5, 5.41) is -0.419. The lowest BCUT2D eigenvalue weighted by Crippen LogP contribution is -2.21. The first-order valence-corrected chi connectivity index (χ1v) is 8.63. The zero-order valence-corrected chi connectivity index (χ0v) is 12.8. The molecule has 0 aliphatic heterocycles. The van der Waals surface area contributed by atoms with Gasteiger partial charge in [-0.05, 0) is 37.0 Å². The molecule has 0 saturated heterocycles. The van der Waals surface area contributed by atoms with E-state index in [4.69, 9.17) is 0 Å². The number of sulfone groups is 1. The summed E-state index contributed by atoms with van der Waals surface area (Å²) in [6.45, 7) is 3.70. The van der Waals surface area contributed by atoms with Crippen LogP contribution < -0.4 is 0 Å². The molecule has 0 N–H and O–H groups in total. The molecule has 2 aromatic rings. The van der Waals surface area contributed by atoms with E-state index in [-0.39, 0.29) is 0 Å². The van der Waals surface area contributed by atoms with Crippen LogP contribution in [0.3, 0.4) is 0 Å². The molecule has 0 bridgehead atoms. The number of allylic oxidation sites excluding steroid dienone is 1. The SMILES string of the molecule is C=CCC(CCc1ccccc1)S(=O)(=O)c1ccccc1. The minimum atomic E-state index is -3.30. The molecule has 1 atom stereocenters. The molecule has 0 radical (unpaired) electrons. The van der Waals surface area contributed by atoms with Crippen LogP contribution in [-0.2, 0) is 16.3 Å². The van der Waals surface area contributed by atoms with Crippen molar-refractivity contribution in [2.45, 2.75) is 29.4 Å². The van der Waals surface area contributed by atoms with Crippen molar-refractivity contribution >= 4 is 9.84 Å². The molecule has 3 heteroatoms. The van der Waals surface area contributed by atoms with Crippen LogP contribution in [0.1, 0.15) is 18.4 Å². The Hall–Kier alpha value is -1.87. The highest BCUT2D eigenvalue weighted by Gasteiger charge is 2.25. The van der Waals surface area contributed by atoms with Crippen molar-refractivity contribution in [3.8, 4) is 0 Å². The van der Waals surface area contributed by atoms with Gasteiger partial charge in [-0.1, -0.05) is 54.6 Å². The highest BCUT2D eigenvalue weighted by Crippen LogP contribution is 2.22. The van der Waals surface area contributed by atoms with Crippen LogP contribution >= 0.6 is 0 Å². The van der Waals surface area contributed by atoms with Gasteiger partial charge in [0.2, 0.25) is 0 Å². The molecule has 2 aromatic carbocycles. The largest absolute Gasteiger partial charge is 0.223 e. The van der Waals surface area contributed by atoms with Crippen molar-refractivity contribution in [3.63, 3.8) is 0 Å². The Labute approximate surface area is 127 Å². The van der Waals surface area contributed by atoms with Crippen LogP contribution in [0.5, 0.6) is 0 Å². The number of aryl methyl sites for hydroxylation is 1. The van der Waals surface area contributed by atoms with E-state index in [1.807, 2.05) is 36.4 Å². The van der Waals surface area contributed by atoms with Crippen LogP contribution in [0.4, 0.5) is 0 Å². The van der Waals surface area contributed by atoms with E-state index < -0.39 is 15.1 Å². The Morgan fingerprint density at radius 1 is 0.952 bits per heavy atom. The topological polar surface area (TPSA) is 34.1 Å². The second-order valence-electron chi connectivity index (χ2n) is 5.03. The maximum atomic E-state index is 12.7. The fraction of sp³-hybridized carbons (Fsp3) is 0.222. The highest BCUT2D eigenvalue weighted by molar-refractivity contribution is 7.92. The van der Waals surface area contributed by atoms with Gasteiger partial charge >= 0.3 is 0 Å². The van der Waals surface area contributed by atoms with E-state index in [1.54, 1.807) is 30.3 Å². The predicted molar refractivity (Wildman–Crippen MR) is 87.0 cm³/mol. The van der Waals surface area contributed by atoms with E-state index in [1.165, 1.54) is 0 Å². The summed E-state index contributed by atoms with van der Waals surface area (Å²) in [5.74, 6) is 0. The smallest absolute Gasteiger partial charge is 0.181 e. The lowest BCUT2D eigenvalue weighted by molar-refractivity contribution is 0.570. The van der Waals surface area contributed by atoms with Gasteiger partial charge in [0, 0.05) is 0 Å². The molecular weight excluding hydrogens is 280 g/mol. The van der Waals surface area contributed by atoms with Crippen molar-refractivity contribution in [3.05, 3.63) is 78.9 Å². The minimum Gasteiger partial charge on any atom is -0.223 e. The molecule has 0 aliphatic rings. The zero-order valence-electron chi connectivity index (χ0n) is 12.0. The standard InChI is InChI=1S/C18H20O2S/c1-2-9-17(15-14-16-10-5-3-6-11-16)21(19,20)18-12-7-4-8-13-18/h2-8,10-13,17H,1,9,14-15H2. The highest BCUT2D eigenvalue weighted by atomic mass is 32.2. The van der Waals surface area contributed by atoms with E-state index in [0.717, 1.165) is 12.0 Å². The second-order valence-corrected chi connectivity index (χ2v) is 7.26. The normalized spacial score (nSPS) is 12.8. The first kappa shape index (κ1) is 15.5. The number of rotatable bonds is 7. The third-order valence-electron chi connectivity index (χ3n) is 3.54. The minimum absolute atomic E-state index is 0.393. The molecule has 0 fully saturated rings. The predicted octanol–water partition coefficient (Wildman–Crippen LogP) is 4.04. The number of hydrogen-bond acceptors (Lipinski definition) is 2. The van der Waals surface area contributed by atoms with Crippen LogP contribution in [0.15, 0.2) is 78.2 Å². The van der Waals surface area contributed by atoms with Gasteiger partial charge in [0.25, 0.3) is 0 Å². The van der Waals surface area contributed by atoms with Crippen molar-refractivity contribution in [2.24, 2.45) is 0 Å². The first-order chi connectivity index (χ1) is 10.1. The van der Waals surface area contributed by atoms with Gasteiger partial charge in [0.05, 0.1) is 10.1 Å². The summed E-state index contributed by atoms with van der Waals surface area (Å²) >= 11 is 0. The third-order valence-corrected chi connectivity index (χ3v) is 5.77. The Morgan fingerprint density at radius 2 is 1.52 bits per heavy atom. The van der Waals surface area contributed by atoms with Gasteiger partial charge in [0.15, 0.2) is 9.84 Å². The lowest BCUT2D eigenvalue weighted by Gasteiger charge is -2.16. The molecular formula is C18H20O2S. The number of benzene rings is 2. The average Bonchev–Trinajstić information content (AvgIpc) is 2.53. The molecule has 2 rings (SSSR count). The summed E-state index contributed by atoms with van der Waals surface area (Å²) in [7, 11) is -3.30. The monoisotopic (exact) mass is 300 g/mol. The Balaban J connectivity index is 2.17. The Morgan fingerprint density at radius 3 is 2.10 bits per heavy atom. The summed E-state index contributed by atoms with van der Waals surface area (Å²) in [4.78, 5) is 0.393.